The SMILES string of the molecule is CC(N)CCC(=O)Nc1ccc(Cl)c2ncccc12. The van der Waals surface area contributed by atoms with Crippen LogP contribution in [0, 0.1) is 0 Å². The van der Waals surface area contributed by atoms with E-state index in [1.807, 2.05) is 19.1 Å². The van der Waals surface area contributed by atoms with E-state index < -0.39 is 0 Å². The number of hydrogen-bond acceptors (Lipinski definition) is 3. The number of benzene rings is 1. The van der Waals surface area contributed by atoms with Crippen molar-refractivity contribution >= 4 is 34.1 Å². The fourth-order valence-electron chi connectivity index (χ4n) is 1.82. The molecule has 0 aliphatic heterocycles. The summed E-state index contributed by atoms with van der Waals surface area (Å²) in [6.45, 7) is 1.88. The van der Waals surface area contributed by atoms with Crippen molar-refractivity contribution in [3.63, 3.8) is 0 Å². The number of aromatic nitrogens is 1. The zero-order valence-electron chi connectivity index (χ0n) is 10.7. The van der Waals surface area contributed by atoms with Crippen LogP contribution < -0.4 is 11.1 Å². The molecule has 0 radical (unpaired) electrons. The Bertz CT molecular complexity index is 598. The Morgan fingerprint density at radius 1 is 1.47 bits per heavy atom. The zero-order chi connectivity index (χ0) is 13.8. The Morgan fingerprint density at radius 2 is 2.26 bits per heavy atom. The summed E-state index contributed by atoms with van der Waals surface area (Å²) in [4.78, 5) is 16.0. The number of carbonyl (C=O) groups is 1. The lowest BCUT2D eigenvalue weighted by Gasteiger charge is -2.10. The lowest BCUT2D eigenvalue weighted by Crippen LogP contribution is -2.19. The molecule has 1 heterocycles. The lowest BCUT2D eigenvalue weighted by molar-refractivity contribution is -0.116. The molecule has 0 aliphatic rings. The summed E-state index contributed by atoms with van der Waals surface area (Å²) in [5.74, 6) is -0.0511. The Labute approximate surface area is 117 Å². The fraction of sp³-hybridized carbons (Fsp3) is 0.286. The summed E-state index contributed by atoms with van der Waals surface area (Å²) in [6.07, 6.45) is 2.74. The van der Waals surface area contributed by atoms with E-state index in [0.717, 1.165) is 11.1 Å². The number of nitrogens with two attached hydrogens (primary N) is 1. The van der Waals surface area contributed by atoms with Crippen LogP contribution in [-0.2, 0) is 4.79 Å². The molecule has 1 amide bonds. The number of anilines is 1. The molecule has 1 unspecified atom stereocenters. The lowest BCUT2D eigenvalue weighted by atomic mass is 10.1. The van der Waals surface area contributed by atoms with Gasteiger partial charge in [0, 0.05) is 24.0 Å². The Balaban J connectivity index is 2.21. The minimum absolute atomic E-state index is 0.0226. The van der Waals surface area contributed by atoms with Gasteiger partial charge in [-0.25, -0.2) is 0 Å². The summed E-state index contributed by atoms with van der Waals surface area (Å²) >= 11 is 6.08. The van der Waals surface area contributed by atoms with Gasteiger partial charge in [-0.2, -0.15) is 0 Å². The van der Waals surface area contributed by atoms with Crippen molar-refractivity contribution in [2.75, 3.05) is 5.32 Å². The Kier molecular flexibility index (Phi) is 4.35. The topological polar surface area (TPSA) is 68.0 Å². The molecule has 0 spiro atoms. The summed E-state index contributed by atoms with van der Waals surface area (Å²) < 4.78 is 0. The number of pyridine rings is 1. The highest BCUT2D eigenvalue weighted by Crippen LogP contribution is 2.28. The monoisotopic (exact) mass is 277 g/mol. The third-order valence-electron chi connectivity index (χ3n) is 2.82. The first-order valence-corrected chi connectivity index (χ1v) is 6.54. The number of nitrogens with one attached hydrogen (secondary N) is 1. The Hall–Kier alpha value is -1.65. The van der Waals surface area contributed by atoms with Crippen molar-refractivity contribution in [3.05, 3.63) is 35.5 Å². The largest absolute Gasteiger partial charge is 0.328 e. The molecular formula is C14H16ClN3O. The maximum absolute atomic E-state index is 11.8. The van der Waals surface area contributed by atoms with Gasteiger partial charge in [0.1, 0.15) is 0 Å². The summed E-state index contributed by atoms with van der Waals surface area (Å²) in [5.41, 5.74) is 7.05. The van der Waals surface area contributed by atoms with E-state index in [1.54, 1.807) is 18.3 Å². The number of amides is 1. The second-order valence-electron chi connectivity index (χ2n) is 4.56. The second-order valence-corrected chi connectivity index (χ2v) is 4.97. The number of hydrogen-bond donors (Lipinski definition) is 2. The molecule has 2 rings (SSSR count). The summed E-state index contributed by atoms with van der Waals surface area (Å²) in [7, 11) is 0. The number of halogens is 1. The molecule has 0 saturated carbocycles. The Morgan fingerprint density at radius 3 is 3.00 bits per heavy atom. The average molecular weight is 278 g/mol. The van der Waals surface area contributed by atoms with E-state index in [1.165, 1.54) is 0 Å². The number of carbonyl (C=O) groups excluding carboxylic acids is 1. The van der Waals surface area contributed by atoms with Gasteiger partial charge in [-0.1, -0.05) is 11.6 Å². The molecule has 19 heavy (non-hydrogen) atoms. The van der Waals surface area contributed by atoms with Gasteiger partial charge in [-0.3, -0.25) is 9.78 Å². The van der Waals surface area contributed by atoms with Crippen LogP contribution in [0.25, 0.3) is 10.9 Å². The van der Waals surface area contributed by atoms with Crippen LogP contribution in [0.3, 0.4) is 0 Å². The molecule has 5 heteroatoms. The molecule has 100 valence electrons. The minimum Gasteiger partial charge on any atom is -0.328 e. The molecule has 0 bridgehead atoms. The van der Waals surface area contributed by atoms with E-state index in [0.29, 0.717) is 23.4 Å². The molecule has 0 fully saturated rings. The molecule has 3 N–H and O–H groups in total. The van der Waals surface area contributed by atoms with Gasteiger partial charge in [0.05, 0.1) is 16.2 Å². The van der Waals surface area contributed by atoms with E-state index in [-0.39, 0.29) is 11.9 Å². The maximum Gasteiger partial charge on any atom is 0.224 e. The normalized spacial score (nSPS) is 12.4. The van der Waals surface area contributed by atoms with Gasteiger partial charge in [0.15, 0.2) is 0 Å². The van der Waals surface area contributed by atoms with Gasteiger partial charge in [-0.15, -0.1) is 0 Å². The van der Waals surface area contributed by atoms with Crippen molar-refractivity contribution in [2.45, 2.75) is 25.8 Å². The van der Waals surface area contributed by atoms with E-state index in [4.69, 9.17) is 17.3 Å². The predicted octanol–water partition coefficient (Wildman–Crippen LogP) is 2.95. The van der Waals surface area contributed by atoms with Crippen LogP contribution in [0.5, 0.6) is 0 Å². The highest BCUT2D eigenvalue weighted by atomic mass is 35.5. The first-order valence-electron chi connectivity index (χ1n) is 6.16. The van der Waals surface area contributed by atoms with E-state index >= 15 is 0 Å². The molecule has 4 nitrogen and oxygen atoms in total. The first-order chi connectivity index (χ1) is 9.08. The third-order valence-corrected chi connectivity index (χ3v) is 3.13. The van der Waals surface area contributed by atoms with Gasteiger partial charge in [-0.05, 0) is 37.6 Å². The van der Waals surface area contributed by atoms with Gasteiger partial charge >= 0.3 is 0 Å². The molecule has 0 saturated heterocycles. The van der Waals surface area contributed by atoms with Crippen molar-refractivity contribution in [1.29, 1.82) is 0 Å². The number of rotatable bonds is 4. The van der Waals surface area contributed by atoms with Crippen molar-refractivity contribution < 1.29 is 4.79 Å². The van der Waals surface area contributed by atoms with Crippen LogP contribution in [0.1, 0.15) is 19.8 Å². The van der Waals surface area contributed by atoms with Crippen molar-refractivity contribution in [1.82, 2.24) is 4.98 Å². The molecule has 2 aromatic rings. The van der Waals surface area contributed by atoms with Gasteiger partial charge in [0.2, 0.25) is 5.91 Å². The highest BCUT2D eigenvalue weighted by Gasteiger charge is 2.09. The smallest absolute Gasteiger partial charge is 0.224 e. The van der Waals surface area contributed by atoms with E-state index in [2.05, 4.69) is 10.3 Å². The van der Waals surface area contributed by atoms with Gasteiger partial charge in [0.25, 0.3) is 0 Å². The average Bonchev–Trinajstić information content (AvgIpc) is 2.40. The quantitative estimate of drug-likeness (QED) is 0.903. The number of nitrogens with zero attached hydrogens (tertiary/aromatic N) is 1. The molecule has 1 aromatic carbocycles. The highest BCUT2D eigenvalue weighted by molar-refractivity contribution is 6.35. The van der Waals surface area contributed by atoms with Crippen LogP contribution in [0.4, 0.5) is 5.69 Å². The second kappa shape index (κ2) is 5.99. The summed E-state index contributed by atoms with van der Waals surface area (Å²) in [6, 6.07) is 7.24. The zero-order valence-corrected chi connectivity index (χ0v) is 11.4. The predicted molar refractivity (Wildman–Crippen MR) is 78.3 cm³/mol. The van der Waals surface area contributed by atoms with Crippen molar-refractivity contribution in [3.8, 4) is 0 Å². The van der Waals surface area contributed by atoms with Crippen LogP contribution in [0.15, 0.2) is 30.5 Å². The third kappa shape index (κ3) is 3.43. The number of fused-ring (bicyclic) bond motifs is 1. The molecular weight excluding hydrogens is 262 g/mol. The standard InChI is InChI=1S/C14H16ClN3O/c1-9(16)4-7-13(19)18-12-6-5-11(15)14-10(12)3-2-8-17-14/h2-3,5-6,8-9H,4,7,16H2,1H3,(H,18,19). The van der Waals surface area contributed by atoms with Crippen LogP contribution >= 0.6 is 11.6 Å². The van der Waals surface area contributed by atoms with Crippen LogP contribution in [0.2, 0.25) is 5.02 Å². The first kappa shape index (κ1) is 13.8. The van der Waals surface area contributed by atoms with Crippen molar-refractivity contribution in [2.24, 2.45) is 5.73 Å². The van der Waals surface area contributed by atoms with Gasteiger partial charge < -0.3 is 11.1 Å². The van der Waals surface area contributed by atoms with Crippen LogP contribution in [-0.4, -0.2) is 16.9 Å². The maximum atomic E-state index is 11.8. The molecule has 1 atom stereocenters. The fourth-order valence-corrected chi connectivity index (χ4v) is 2.03. The minimum atomic E-state index is -0.0511. The molecule has 1 aromatic heterocycles. The van der Waals surface area contributed by atoms with E-state index in [9.17, 15) is 4.79 Å². The summed E-state index contributed by atoms with van der Waals surface area (Å²) in [5, 5.41) is 4.28. The molecule has 0 aliphatic carbocycles.